The summed E-state index contributed by atoms with van der Waals surface area (Å²) in [6.45, 7) is 2.35. The Bertz CT molecular complexity index is 445. The molecule has 0 aliphatic heterocycles. The van der Waals surface area contributed by atoms with Crippen LogP contribution in [0.3, 0.4) is 0 Å². The number of aromatic carboxylic acids is 1. The molecule has 0 heterocycles. The van der Waals surface area contributed by atoms with Gasteiger partial charge in [0.1, 0.15) is 5.33 Å². The van der Waals surface area contributed by atoms with Gasteiger partial charge in [0.2, 0.25) is 0 Å². The van der Waals surface area contributed by atoms with E-state index in [0.717, 1.165) is 12.0 Å². The molecule has 4 nitrogen and oxygen atoms in total. The summed E-state index contributed by atoms with van der Waals surface area (Å²) in [7, 11) is 0. The number of hydrogen-bond acceptors (Lipinski definition) is 3. The van der Waals surface area contributed by atoms with E-state index in [1.54, 1.807) is 12.1 Å². The number of carbonyl (C=O) groups excluding carboxylic acids is 1. The van der Waals surface area contributed by atoms with Crippen LogP contribution in [0.2, 0.25) is 0 Å². The first kappa shape index (κ1) is 15.7. The molecule has 0 saturated carbocycles. The zero-order valence-electron chi connectivity index (χ0n) is 10.8. The largest absolute Gasteiger partial charge is 0.478 e. The molecule has 1 unspecified atom stereocenters. The van der Waals surface area contributed by atoms with Gasteiger partial charge in [-0.2, -0.15) is 0 Å². The van der Waals surface area contributed by atoms with Crippen molar-refractivity contribution in [3.8, 4) is 0 Å². The maximum absolute atomic E-state index is 11.1. The molecule has 0 saturated heterocycles. The molecule has 1 atom stereocenters. The van der Waals surface area contributed by atoms with Gasteiger partial charge < -0.3 is 9.84 Å². The number of carboxylic acid groups (broad SMARTS) is 1. The van der Waals surface area contributed by atoms with E-state index < -0.39 is 5.97 Å². The molecule has 0 amide bonds. The Kier molecular flexibility index (Phi) is 6.56. The molecule has 0 spiro atoms. The third-order valence-corrected chi connectivity index (χ3v) is 3.33. The average molecular weight is 329 g/mol. The van der Waals surface area contributed by atoms with Gasteiger partial charge in [0, 0.05) is 0 Å². The Balaban J connectivity index is 2.52. The van der Waals surface area contributed by atoms with Gasteiger partial charge in [-0.15, -0.1) is 0 Å². The lowest BCUT2D eigenvalue weighted by Crippen LogP contribution is -2.09. The first-order chi connectivity index (χ1) is 9.06. The molecule has 1 rings (SSSR count). The van der Waals surface area contributed by atoms with Crippen molar-refractivity contribution >= 4 is 27.9 Å². The molecule has 1 aromatic carbocycles. The molecule has 19 heavy (non-hydrogen) atoms. The normalized spacial score (nSPS) is 11.9. The van der Waals surface area contributed by atoms with Crippen molar-refractivity contribution in [2.45, 2.75) is 25.7 Å². The van der Waals surface area contributed by atoms with Gasteiger partial charge in [-0.05, 0) is 30.4 Å². The Hall–Kier alpha value is -1.36. The number of hydrogen-bond donors (Lipinski definition) is 1. The standard InChI is InChI=1S/C14H17BrO4/c1-10(5-4-8-19-13(16)9-15)11-6-2-3-7-12(11)14(17)18/h2-3,6-7,10H,4-5,8-9H2,1H3,(H,17,18). The lowest BCUT2D eigenvalue weighted by molar-refractivity contribution is -0.140. The van der Waals surface area contributed by atoms with Crippen LogP contribution in [0.4, 0.5) is 0 Å². The van der Waals surface area contributed by atoms with Crippen LogP contribution in [-0.4, -0.2) is 29.0 Å². The first-order valence-corrected chi connectivity index (χ1v) is 7.22. The van der Waals surface area contributed by atoms with Crippen LogP contribution in [-0.2, 0) is 9.53 Å². The van der Waals surface area contributed by atoms with Gasteiger partial charge >= 0.3 is 11.9 Å². The summed E-state index contributed by atoms with van der Waals surface area (Å²) in [5.74, 6) is -1.07. The topological polar surface area (TPSA) is 63.6 Å². The second kappa shape index (κ2) is 7.94. The minimum atomic E-state index is -0.909. The summed E-state index contributed by atoms with van der Waals surface area (Å²) < 4.78 is 4.95. The molecule has 0 fully saturated rings. The summed E-state index contributed by atoms with van der Waals surface area (Å²) >= 11 is 3.02. The third-order valence-electron chi connectivity index (χ3n) is 2.88. The average Bonchev–Trinajstić information content (AvgIpc) is 2.42. The molecule has 1 N–H and O–H groups in total. The van der Waals surface area contributed by atoms with E-state index in [1.165, 1.54) is 0 Å². The second-order valence-corrected chi connectivity index (χ2v) is 4.85. The van der Waals surface area contributed by atoms with Crippen LogP contribution < -0.4 is 0 Å². The molecule has 0 aromatic heterocycles. The molecule has 0 bridgehead atoms. The van der Waals surface area contributed by atoms with Crippen LogP contribution in [0, 0.1) is 0 Å². The minimum absolute atomic E-state index is 0.120. The number of carbonyl (C=O) groups is 2. The minimum Gasteiger partial charge on any atom is -0.478 e. The quantitative estimate of drug-likeness (QED) is 0.474. The highest BCUT2D eigenvalue weighted by Gasteiger charge is 2.14. The predicted octanol–water partition coefficient (Wildman–Crippen LogP) is 3.21. The van der Waals surface area contributed by atoms with Crippen molar-refractivity contribution < 1.29 is 19.4 Å². The molecular formula is C14H17BrO4. The smallest absolute Gasteiger partial charge is 0.335 e. The fourth-order valence-electron chi connectivity index (χ4n) is 1.89. The fourth-order valence-corrected chi connectivity index (χ4v) is 2.05. The van der Waals surface area contributed by atoms with Crippen molar-refractivity contribution in [2.24, 2.45) is 0 Å². The highest BCUT2D eigenvalue weighted by molar-refractivity contribution is 9.09. The molecule has 104 valence electrons. The van der Waals surface area contributed by atoms with Gasteiger partial charge in [-0.1, -0.05) is 41.1 Å². The fraction of sp³-hybridized carbons (Fsp3) is 0.429. The number of ether oxygens (including phenoxy) is 1. The third kappa shape index (κ3) is 5.03. The highest BCUT2D eigenvalue weighted by atomic mass is 79.9. The van der Waals surface area contributed by atoms with E-state index in [9.17, 15) is 9.59 Å². The highest BCUT2D eigenvalue weighted by Crippen LogP contribution is 2.24. The Morgan fingerprint density at radius 1 is 1.37 bits per heavy atom. The van der Waals surface area contributed by atoms with Crippen LogP contribution in [0.1, 0.15) is 41.6 Å². The summed E-state index contributed by atoms with van der Waals surface area (Å²) in [4.78, 5) is 22.0. The van der Waals surface area contributed by atoms with Gasteiger partial charge in [0.15, 0.2) is 0 Å². The molecular weight excluding hydrogens is 312 g/mol. The van der Waals surface area contributed by atoms with Gasteiger partial charge in [-0.3, -0.25) is 4.79 Å². The molecule has 0 radical (unpaired) electrons. The summed E-state index contributed by atoms with van der Waals surface area (Å²) in [6, 6.07) is 7.00. The lowest BCUT2D eigenvalue weighted by atomic mass is 9.92. The van der Waals surface area contributed by atoms with Crippen LogP contribution >= 0.6 is 15.9 Å². The number of alkyl halides is 1. The van der Waals surface area contributed by atoms with Crippen LogP contribution in [0.5, 0.6) is 0 Å². The number of benzene rings is 1. The van der Waals surface area contributed by atoms with E-state index in [4.69, 9.17) is 9.84 Å². The molecule has 5 heteroatoms. The summed E-state index contributed by atoms with van der Waals surface area (Å²) in [5.41, 5.74) is 1.16. The monoisotopic (exact) mass is 328 g/mol. The van der Waals surface area contributed by atoms with E-state index in [1.807, 2.05) is 19.1 Å². The zero-order valence-corrected chi connectivity index (χ0v) is 12.4. The molecule has 1 aromatic rings. The molecule has 0 aliphatic carbocycles. The lowest BCUT2D eigenvalue weighted by Gasteiger charge is -2.14. The van der Waals surface area contributed by atoms with Gasteiger partial charge in [0.25, 0.3) is 0 Å². The van der Waals surface area contributed by atoms with E-state index >= 15 is 0 Å². The van der Waals surface area contributed by atoms with E-state index in [2.05, 4.69) is 15.9 Å². The number of rotatable bonds is 7. The Morgan fingerprint density at radius 2 is 2.05 bits per heavy atom. The zero-order chi connectivity index (χ0) is 14.3. The maximum atomic E-state index is 11.1. The van der Waals surface area contributed by atoms with E-state index in [-0.39, 0.29) is 17.2 Å². The number of halogens is 1. The second-order valence-electron chi connectivity index (χ2n) is 4.29. The van der Waals surface area contributed by atoms with Crippen molar-refractivity contribution in [2.75, 3.05) is 11.9 Å². The van der Waals surface area contributed by atoms with Crippen molar-refractivity contribution in [3.05, 3.63) is 35.4 Å². The van der Waals surface area contributed by atoms with Crippen LogP contribution in [0.15, 0.2) is 24.3 Å². The SMILES string of the molecule is CC(CCCOC(=O)CBr)c1ccccc1C(=O)O. The maximum Gasteiger partial charge on any atom is 0.335 e. The van der Waals surface area contributed by atoms with Crippen molar-refractivity contribution in [3.63, 3.8) is 0 Å². The predicted molar refractivity (Wildman–Crippen MR) is 75.8 cm³/mol. The summed E-state index contributed by atoms with van der Waals surface area (Å²) in [6.07, 6.45) is 1.49. The van der Waals surface area contributed by atoms with Crippen molar-refractivity contribution in [1.82, 2.24) is 0 Å². The number of carboxylic acids is 1. The Morgan fingerprint density at radius 3 is 2.68 bits per heavy atom. The Labute approximate surface area is 120 Å². The van der Waals surface area contributed by atoms with Crippen LogP contribution in [0.25, 0.3) is 0 Å². The van der Waals surface area contributed by atoms with Gasteiger partial charge in [-0.25, -0.2) is 4.79 Å². The van der Waals surface area contributed by atoms with E-state index in [0.29, 0.717) is 18.6 Å². The number of esters is 1. The van der Waals surface area contributed by atoms with Crippen molar-refractivity contribution in [1.29, 1.82) is 0 Å². The summed E-state index contributed by atoms with van der Waals surface area (Å²) in [5, 5.41) is 9.32. The molecule has 0 aliphatic rings. The first-order valence-electron chi connectivity index (χ1n) is 6.10. The van der Waals surface area contributed by atoms with Gasteiger partial charge in [0.05, 0.1) is 12.2 Å².